The highest BCUT2D eigenvalue weighted by atomic mass is 79.9. The van der Waals surface area contributed by atoms with Crippen LogP contribution in [0.5, 0.6) is 0 Å². The van der Waals surface area contributed by atoms with E-state index in [1.807, 2.05) is 25.1 Å². The Morgan fingerprint density at radius 1 is 1.38 bits per heavy atom. The molecular formula is C13H16BrNO. The molecule has 0 bridgehead atoms. The van der Waals surface area contributed by atoms with Crippen molar-refractivity contribution in [1.29, 1.82) is 0 Å². The monoisotopic (exact) mass is 281 g/mol. The zero-order valence-corrected chi connectivity index (χ0v) is 11.0. The molecule has 1 aliphatic carbocycles. The van der Waals surface area contributed by atoms with Crippen LogP contribution in [0.15, 0.2) is 22.7 Å². The van der Waals surface area contributed by atoms with Gasteiger partial charge >= 0.3 is 0 Å². The summed E-state index contributed by atoms with van der Waals surface area (Å²) in [5.74, 6) is 0.0487. The smallest absolute Gasteiger partial charge is 0.251 e. The first-order valence-electron chi connectivity index (χ1n) is 5.74. The highest BCUT2D eigenvalue weighted by Gasteiger charge is 2.17. The van der Waals surface area contributed by atoms with E-state index in [9.17, 15) is 4.79 Å². The second-order valence-electron chi connectivity index (χ2n) is 4.42. The molecule has 0 spiro atoms. The van der Waals surface area contributed by atoms with Gasteiger partial charge in [-0.1, -0.05) is 34.8 Å². The molecule has 1 amide bonds. The van der Waals surface area contributed by atoms with E-state index >= 15 is 0 Å². The predicted molar refractivity (Wildman–Crippen MR) is 68.6 cm³/mol. The van der Waals surface area contributed by atoms with Crippen LogP contribution in [0.4, 0.5) is 0 Å². The Bertz CT molecular complexity index is 397. The van der Waals surface area contributed by atoms with Gasteiger partial charge in [0.15, 0.2) is 0 Å². The SMILES string of the molecule is Cc1ccc(C(=O)NC2CCCC2)cc1Br. The van der Waals surface area contributed by atoms with Gasteiger partial charge in [0.1, 0.15) is 0 Å². The Hall–Kier alpha value is -0.830. The van der Waals surface area contributed by atoms with E-state index in [0.29, 0.717) is 6.04 Å². The van der Waals surface area contributed by atoms with Crippen LogP contribution in [-0.2, 0) is 0 Å². The minimum Gasteiger partial charge on any atom is -0.349 e. The van der Waals surface area contributed by atoms with Crippen LogP contribution >= 0.6 is 15.9 Å². The summed E-state index contributed by atoms with van der Waals surface area (Å²) in [5, 5.41) is 3.08. The van der Waals surface area contributed by atoms with Crippen molar-refractivity contribution in [3.05, 3.63) is 33.8 Å². The summed E-state index contributed by atoms with van der Waals surface area (Å²) >= 11 is 3.45. The number of amides is 1. The lowest BCUT2D eigenvalue weighted by molar-refractivity contribution is 0.0938. The molecule has 2 nitrogen and oxygen atoms in total. The van der Waals surface area contributed by atoms with Crippen LogP contribution in [0, 0.1) is 6.92 Å². The topological polar surface area (TPSA) is 29.1 Å². The molecule has 0 radical (unpaired) electrons. The molecule has 1 fully saturated rings. The zero-order chi connectivity index (χ0) is 11.5. The average Bonchev–Trinajstić information content (AvgIpc) is 2.74. The van der Waals surface area contributed by atoms with Crippen molar-refractivity contribution in [2.24, 2.45) is 0 Å². The summed E-state index contributed by atoms with van der Waals surface area (Å²) in [6.45, 7) is 2.02. The normalized spacial score (nSPS) is 16.4. The molecule has 16 heavy (non-hydrogen) atoms. The maximum atomic E-state index is 11.9. The largest absolute Gasteiger partial charge is 0.349 e. The molecule has 1 aromatic rings. The van der Waals surface area contributed by atoms with E-state index in [4.69, 9.17) is 0 Å². The number of hydrogen-bond donors (Lipinski definition) is 1. The number of carbonyl (C=O) groups excluding carboxylic acids is 1. The third-order valence-electron chi connectivity index (χ3n) is 3.12. The van der Waals surface area contributed by atoms with E-state index in [1.165, 1.54) is 12.8 Å². The lowest BCUT2D eigenvalue weighted by Crippen LogP contribution is -2.32. The number of halogens is 1. The fourth-order valence-corrected chi connectivity index (χ4v) is 2.45. The zero-order valence-electron chi connectivity index (χ0n) is 9.42. The van der Waals surface area contributed by atoms with Gasteiger partial charge in [-0.2, -0.15) is 0 Å². The second kappa shape index (κ2) is 5.00. The van der Waals surface area contributed by atoms with Crippen LogP contribution < -0.4 is 5.32 Å². The minimum atomic E-state index is 0.0487. The van der Waals surface area contributed by atoms with Crippen LogP contribution in [0.3, 0.4) is 0 Å². The quantitative estimate of drug-likeness (QED) is 0.884. The minimum absolute atomic E-state index is 0.0487. The summed E-state index contributed by atoms with van der Waals surface area (Å²) in [6, 6.07) is 6.12. The van der Waals surface area contributed by atoms with Crippen LogP contribution in [0.25, 0.3) is 0 Å². The molecule has 0 aliphatic heterocycles. The highest BCUT2D eigenvalue weighted by molar-refractivity contribution is 9.10. The Labute approximate surface area is 105 Å². The molecule has 1 saturated carbocycles. The van der Waals surface area contributed by atoms with Gasteiger partial charge in [0, 0.05) is 16.1 Å². The Morgan fingerprint density at radius 3 is 2.69 bits per heavy atom. The molecule has 0 saturated heterocycles. The Morgan fingerprint density at radius 2 is 2.06 bits per heavy atom. The van der Waals surface area contributed by atoms with Gasteiger partial charge in [0.2, 0.25) is 0 Å². The number of nitrogens with one attached hydrogen (secondary N) is 1. The fourth-order valence-electron chi connectivity index (χ4n) is 2.07. The summed E-state index contributed by atoms with van der Waals surface area (Å²) in [5.41, 5.74) is 1.89. The molecule has 0 atom stereocenters. The molecule has 3 heteroatoms. The first kappa shape index (κ1) is 11.6. The molecule has 1 N–H and O–H groups in total. The number of aryl methyl sites for hydroxylation is 1. The fraction of sp³-hybridized carbons (Fsp3) is 0.462. The van der Waals surface area contributed by atoms with Gasteiger partial charge < -0.3 is 5.32 Å². The molecule has 1 aromatic carbocycles. The third kappa shape index (κ3) is 2.64. The van der Waals surface area contributed by atoms with Gasteiger partial charge in [0.05, 0.1) is 0 Å². The first-order valence-corrected chi connectivity index (χ1v) is 6.53. The Kier molecular flexibility index (Phi) is 3.64. The van der Waals surface area contributed by atoms with Crippen molar-refractivity contribution in [3.63, 3.8) is 0 Å². The molecule has 2 rings (SSSR count). The number of rotatable bonds is 2. The molecule has 1 aliphatic rings. The molecular weight excluding hydrogens is 266 g/mol. The second-order valence-corrected chi connectivity index (χ2v) is 5.27. The maximum Gasteiger partial charge on any atom is 0.251 e. The summed E-state index contributed by atoms with van der Waals surface area (Å²) in [7, 11) is 0. The van der Waals surface area contributed by atoms with Gasteiger partial charge in [-0.15, -0.1) is 0 Å². The first-order chi connectivity index (χ1) is 7.66. The average molecular weight is 282 g/mol. The van der Waals surface area contributed by atoms with Crippen molar-refractivity contribution >= 4 is 21.8 Å². The van der Waals surface area contributed by atoms with E-state index < -0.39 is 0 Å². The summed E-state index contributed by atoms with van der Waals surface area (Å²) in [6.07, 6.45) is 4.72. The Balaban J connectivity index is 2.05. The van der Waals surface area contributed by atoms with E-state index in [2.05, 4.69) is 21.2 Å². The van der Waals surface area contributed by atoms with Gasteiger partial charge in [-0.3, -0.25) is 4.79 Å². The molecule has 86 valence electrons. The number of hydrogen-bond acceptors (Lipinski definition) is 1. The van der Waals surface area contributed by atoms with E-state index in [1.54, 1.807) is 0 Å². The number of carbonyl (C=O) groups is 1. The standard InChI is InChI=1S/C13H16BrNO/c1-9-6-7-10(8-12(9)14)13(16)15-11-4-2-3-5-11/h6-8,11H,2-5H2,1H3,(H,15,16). The molecule has 0 unspecified atom stereocenters. The van der Waals surface area contributed by atoms with Crippen molar-refractivity contribution in [1.82, 2.24) is 5.32 Å². The number of benzene rings is 1. The van der Waals surface area contributed by atoms with Crippen LogP contribution in [0.2, 0.25) is 0 Å². The van der Waals surface area contributed by atoms with E-state index in [0.717, 1.165) is 28.4 Å². The summed E-state index contributed by atoms with van der Waals surface area (Å²) < 4.78 is 0.992. The lowest BCUT2D eigenvalue weighted by Gasteiger charge is -2.12. The van der Waals surface area contributed by atoms with Crippen molar-refractivity contribution in [2.45, 2.75) is 38.6 Å². The van der Waals surface area contributed by atoms with Crippen molar-refractivity contribution in [3.8, 4) is 0 Å². The van der Waals surface area contributed by atoms with E-state index in [-0.39, 0.29) is 5.91 Å². The predicted octanol–water partition coefficient (Wildman–Crippen LogP) is 3.43. The van der Waals surface area contributed by atoms with Crippen molar-refractivity contribution in [2.75, 3.05) is 0 Å². The molecule has 0 heterocycles. The summed E-state index contributed by atoms with van der Waals surface area (Å²) in [4.78, 5) is 11.9. The van der Waals surface area contributed by atoms with Gasteiger partial charge in [0.25, 0.3) is 5.91 Å². The molecule has 0 aromatic heterocycles. The van der Waals surface area contributed by atoms with Crippen LogP contribution in [0.1, 0.15) is 41.6 Å². The highest BCUT2D eigenvalue weighted by Crippen LogP contribution is 2.20. The van der Waals surface area contributed by atoms with Crippen LogP contribution in [-0.4, -0.2) is 11.9 Å². The van der Waals surface area contributed by atoms with Gasteiger partial charge in [-0.05, 0) is 37.5 Å². The lowest BCUT2D eigenvalue weighted by atomic mass is 10.1. The van der Waals surface area contributed by atoms with Gasteiger partial charge in [-0.25, -0.2) is 0 Å². The third-order valence-corrected chi connectivity index (χ3v) is 3.98. The maximum absolute atomic E-state index is 11.9. The van der Waals surface area contributed by atoms with Crippen molar-refractivity contribution < 1.29 is 4.79 Å².